The second-order valence-electron chi connectivity index (χ2n) is 7.32. The standard InChI is InChI=1S/C20H29N5/c1-17-12-24(14-18-8-4-6-10-21-18)16-20(23(2)3)25(13-17)15-19-9-5-7-11-22-19/h4-11,17,20H,12-16H2,1-3H3. The van der Waals surface area contributed by atoms with Crippen molar-refractivity contribution in [2.75, 3.05) is 33.7 Å². The maximum atomic E-state index is 4.53. The summed E-state index contributed by atoms with van der Waals surface area (Å²) in [5.74, 6) is 0.609. The zero-order chi connectivity index (χ0) is 17.6. The van der Waals surface area contributed by atoms with Gasteiger partial charge in [0, 0.05) is 45.1 Å². The van der Waals surface area contributed by atoms with Gasteiger partial charge in [-0.2, -0.15) is 0 Å². The normalized spacial score (nSPS) is 22.9. The predicted molar refractivity (Wildman–Crippen MR) is 101 cm³/mol. The largest absolute Gasteiger partial charge is 0.294 e. The third-order valence-corrected chi connectivity index (χ3v) is 4.76. The highest BCUT2D eigenvalue weighted by Gasteiger charge is 2.29. The Hall–Kier alpha value is -1.82. The van der Waals surface area contributed by atoms with E-state index in [0.717, 1.165) is 44.1 Å². The molecule has 2 aromatic rings. The van der Waals surface area contributed by atoms with Crippen molar-refractivity contribution in [3.8, 4) is 0 Å². The molecule has 0 amide bonds. The van der Waals surface area contributed by atoms with Gasteiger partial charge in [-0.15, -0.1) is 0 Å². The lowest BCUT2D eigenvalue weighted by Gasteiger charge is -2.36. The van der Waals surface area contributed by atoms with Gasteiger partial charge in [-0.3, -0.25) is 24.7 Å². The maximum Gasteiger partial charge on any atom is 0.0752 e. The lowest BCUT2D eigenvalue weighted by molar-refractivity contribution is 0.0571. The number of aromatic nitrogens is 2. The van der Waals surface area contributed by atoms with E-state index in [4.69, 9.17) is 0 Å². The Labute approximate surface area is 151 Å². The summed E-state index contributed by atoms with van der Waals surface area (Å²) >= 11 is 0. The number of hydrogen-bond acceptors (Lipinski definition) is 5. The molecule has 1 fully saturated rings. The van der Waals surface area contributed by atoms with E-state index in [1.807, 2.05) is 24.5 Å². The summed E-state index contributed by atoms with van der Waals surface area (Å²) in [6, 6.07) is 12.3. The molecule has 0 bridgehead atoms. The minimum atomic E-state index is 0.371. The van der Waals surface area contributed by atoms with Crippen molar-refractivity contribution in [3.63, 3.8) is 0 Å². The number of nitrogens with zero attached hydrogens (tertiary/aromatic N) is 5. The van der Waals surface area contributed by atoms with Crippen LogP contribution in [0.1, 0.15) is 18.3 Å². The number of hydrogen-bond donors (Lipinski definition) is 0. The van der Waals surface area contributed by atoms with E-state index in [0.29, 0.717) is 12.1 Å². The molecular weight excluding hydrogens is 310 g/mol. The van der Waals surface area contributed by atoms with Crippen LogP contribution in [-0.2, 0) is 13.1 Å². The predicted octanol–water partition coefficient (Wildman–Crippen LogP) is 2.32. The molecule has 2 unspecified atom stereocenters. The van der Waals surface area contributed by atoms with Gasteiger partial charge in [0.25, 0.3) is 0 Å². The fourth-order valence-electron chi connectivity index (χ4n) is 3.65. The summed E-state index contributed by atoms with van der Waals surface area (Å²) in [5.41, 5.74) is 2.28. The van der Waals surface area contributed by atoms with Crippen molar-refractivity contribution >= 4 is 0 Å². The molecule has 0 radical (unpaired) electrons. The Bertz CT molecular complexity index is 631. The fourth-order valence-corrected chi connectivity index (χ4v) is 3.65. The van der Waals surface area contributed by atoms with Crippen molar-refractivity contribution in [1.82, 2.24) is 24.7 Å². The van der Waals surface area contributed by atoms with E-state index in [1.54, 1.807) is 0 Å². The molecule has 1 aliphatic heterocycles. The minimum Gasteiger partial charge on any atom is -0.294 e. The van der Waals surface area contributed by atoms with Crippen LogP contribution in [0.5, 0.6) is 0 Å². The molecule has 5 nitrogen and oxygen atoms in total. The van der Waals surface area contributed by atoms with E-state index in [2.05, 4.69) is 70.0 Å². The SMILES string of the molecule is CC1CN(Cc2ccccn2)CC(N(C)C)N(Cc2ccccn2)C1. The van der Waals surface area contributed by atoms with Crippen molar-refractivity contribution in [1.29, 1.82) is 0 Å². The summed E-state index contributed by atoms with van der Waals surface area (Å²) in [6.07, 6.45) is 4.14. The summed E-state index contributed by atoms with van der Waals surface area (Å²) in [5, 5.41) is 0. The summed E-state index contributed by atoms with van der Waals surface area (Å²) in [7, 11) is 4.34. The van der Waals surface area contributed by atoms with E-state index < -0.39 is 0 Å². The van der Waals surface area contributed by atoms with Crippen LogP contribution in [0.15, 0.2) is 48.8 Å². The molecule has 134 valence electrons. The minimum absolute atomic E-state index is 0.371. The highest BCUT2D eigenvalue weighted by molar-refractivity contribution is 5.05. The number of pyridine rings is 2. The summed E-state index contributed by atoms with van der Waals surface area (Å²) in [6.45, 7) is 7.34. The second-order valence-corrected chi connectivity index (χ2v) is 7.32. The van der Waals surface area contributed by atoms with Gasteiger partial charge in [-0.1, -0.05) is 19.1 Å². The third kappa shape index (κ3) is 5.08. The highest BCUT2D eigenvalue weighted by atomic mass is 15.4. The summed E-state index contributed by atoms with van der Waals surface area (Å²) < 4.78 is 0. The molecule has 1 aliphatic rings. The first-order valence-electron chi connectivity index (χ1n) is 9.04. The molecule has 25 heavy (non-hydrogen) atoms. The molecule has 3 heterocycles. The number of rotatable bonds is 5. The van der Waals surface area contributed by atoms with Crippen LogP contribution in [0.4, 0.5) is 0 Å². The van der Waals surface area contributed by atoms with Crippen LogP contribution in [0.25, 0.3) is 0 Å². The smallest absolute Gasteiger partial charge is 0.0752 e. The molecule has 0 spiro atoms. The fraction of sp³-hybridized carbons (Fsp3) is 0.500. The molecule has 2 aromatic heterocycles. The van der Waals surface area contributed by atoms with Crippen LogP contribution in [-0.4, -0.2) is 64.6 Å². The zero-order valence-corrected chi connectivity index (χ0v) is 15.5. The average molecular weight is 339 g/mol. The topological polar surface area (TPSA) is 35.5 Å². The molecule has 0 saturated carbocycles. The van der Waals surface area contributed by atoms with Crippen molar-refractivity contribution in [3.05, 3.63) is 60.2 Å². The molecule has 0 aliphatic carbocycles. The molecule has 2 atom stereocenters. The molecule has 0 aromatic carbocycles. The van der Waals surface area contributed by atoms with Gasteiger partial charge in [0.1, 0.15) is 0 Å². The monoisotopic (exact) mass is 339 g/mol. The quantitative estimate of drug-likeness (QED) is 0.835. The first-order valence-corrected chi connectivity index (χ1v) is 9.04. The summed E-state index contributed by atoms with van der Waals surface area (Å²) in [4.78, 5) is 16.5. The maximum absolute atomic E-state index is 4.53. The van der Waals surface area contributed by atoms with Gasteiger partial charge in [0.2, 0.25) is 0 Å². The Morgan fingerprint density at radius 2 is 1.56 bits per heavy atom. The molecule has 0 N–H and O–H groups in total. The van der Waals surface area contributed by atoms with Gasteiger partial charge in [0.05, 0.1) is 17.6 Å². The molecular formula is C20H29N5. The Morgan fingerprint density at radius 3 is 2.12 bits per heavy atom. The van der Waals surface area contributed by atoms with Crippen LogP contribution < -0.4 is 0 Å². The van der Waals surface area contributed by atoms with Crippen molar-refractivity contribution in [2.45, 2.75) is 26.2 Å². The second kappa shape index (κ2) is 8.52. The van der Waals surface area contributed by atoms with Crippen LogP contribution in [0, 0.1) is 5.92 Å². The highest BCUT2D eigenvalue weighted by Crippen LogP contribution is 2.19. The Balaban J connectivity index is 1.74. The van der Waals surface area contributed by atoms with E-state index in [1.165, 1.54) is 0 Å². The Kier molecular flexibility index (Phi) is 6.13. The van der Waals surface area contributed by atoms with Crippen LogP contribution >= 0.6 is 0 Å². The van der Waals surface area contributed by atoms with E-state index in [9.17, 15) is 0 Å². The third-order valence-electron chi connectivity index (χ3n) is 4.76. The first-order chi connectivity index (χ1) is 12.1. The molecule has 1 saturated heterocycles. The van der Waals surface area contributed by atoms with Crippen LogP contribution in [0.2, 0.25) is 0 Å². The van der Waals surface area contributed by atoms with Gasteiger partial charge >= 0.3 is 0 Å². The van der Waals surface area contributed by atoms with Gasteiger partial charge in [-0.05, 0) is 44.3 Å². The Morgan fingerprint density at radius 1 is 0.920 bits per heavy atom. The average Bonchev–Trinajstić information content (AvgIpc) is 2.75. The van der Waals surface area contributed by atoms with Crippen molar-refractivity contribution < 1.29 is 0 Å². The zero-order valence-electron chi connectivity index (χ0n) is 15.5. The molecule has 3 rings (SSSR count). The van der Waals surface area contributed by atoms with Crippen LogP contribution in [0.3, 0.4) is 0 Å². The van der Waals surface area contributed by atoms with Gasteiger partial charge in [0.15, 0.2) is 0 Å². The number of likely N-dealkylation sites (N-methyl/N-ethyl adjacent to an activating group) is 1. The lowest BCUT2D eigenvalue weighted by atomic mass is 10.1. The lowest BCUT2D eigenvalue weighted by Crippen LogP contribution is -2.49. The molecule has 5 heteroatoms. The van der Waals surface area contributed by atoms with E-state index in [-0.39, 0.29) is 0 Å². The first kappa shape index (κ1) is 18.0. The van der Waals surface area contributed by atoms with Crippen molar-refractivity contribution in [2.24, 2.45) is 5.92 Å². The van der Waals surface area contributed by atoms with Gasteiger partial charge in [-0.25, -0.2) is 0 Å². The van der Waals surface area contributed by atoms with E-state index >= 15 is 0 Å². The van der Waals surface area contributed by atoms with Gasteiger partial charge < -0.3 is 0 Å².